The Kier molecular flexibility index (Phi) is 3.36. The van der Waals surface area contributed by atoms with Crippen molar-refractivity contribution in [1.82, 2.24) is 15.2 Å². The first-order valence-corrected chi connectivity index (χ1v) is 7.79. The van der Waals surface area contributed by atoms with Gasteiger partial charge in [-0.25, -0.2) is 16.3 Å². The van der Waals surface area contributed by atoms with Gasteiger partial charge in [-0.05, 0) is 13.0 Å². The molecule has 4 rings (SSSR count). The van der Waals surface area contributed by atoms with Gasteiger partial charge in [0.25, 0.3) is 0 Å². The number of fused-ring (bicyclic) bond motifs is 1. The molecule has 1 aromatic heterocycles. The van der Waals surface area contributed by atoms with Crippen molar-refractivity contribution >= 4 is 22.5 Å². The predicted octanol–water partition coefficient (Wildman–Crippen LogP) is 2.08. The zero-order chi connectivity index (χ0) is 15.8. The van der Waals surface area contributed by atoms with Gasteiger partial charge in [0, 0.05) is 29.6 Å². The third-order valence-corrected chi connectivity index (χ3v) is 4.64. The summed E-state index contributed by atoms with van der Waals surface area (Å²) in [5.41, 5.74) is 0.725. The van der Waals surface area contributed by atoms with Crippen LogP contribution in [-0.4, -0.2) is 47.8 Å². The molecule has 2 aliphatic heterocycles. The van der Waals surface area contributed by atoms with Gasteiger partial charge in [-0.1, -0.05) is 24.3 Å². The van der Waals surface area contributed by atoms with Crippen LogP contribution in [0.1, 0.15) is 6.42 Å². The molecule has 116 valence electrons. The number of aromatic nitrogens is 1. The van der Waals surface area contributed by atoms with Crippen LogP contribution in [0.4, 0.5) is 10.5 Å². The number of hydrogen-bond acceptors (Lipinski definition) is 3. The Morgan fingerprint density at radius 3 is 2.96 bits per heavy atom. The van der Waals surface area contributed by atoms with Crippen LogP contribution in [0.5, 0.6) is 0 Å². The minimum atomic E-state index is -0.490. The van der Waals surface area contributed by atoms with Crippen LogP contribution in [0.25, 0.3) is 15.6 Å². The number of urea groups is 1. The van der Waals surface area contributed by atoms with Gasteiger partial charge in [-0.15, -0.1) is 0 Å². The molecule has 6 nitrogen and oxygen atoms in total. The van der Waals surface area contributed by atoms with Crippen molar-refractivity contribution in [2.75, 3.05) is 24.5 Å². The van der Waals surface area contributed by atoms with E-state index in [4.69, 9.17) is 6.57 Å². The first-order valence-electron chi connectivity index (χ1n) is 7.79. The van der Waals surface area contributed by atoms with Crippen LogP contribution in [0.15, 0.2) is 36.7 Å². The fourth-order valence-electron chi connectivity index (χ4n) is 3.47. The third kappa shape index (κ3) is 2.21. The number of rotatable bonds is 2. The number of hydrogen-bond donors (Lipinski definition) is 1. The standard InChI is InChI=1S/C17H17N5O/c1-18-16-11-21(13-6-7-19-9-13)17(23)22(16)15-10-20-8-12-4-2-3-5-14(12)15/h2-5,8,10,13,16,19H,6-7,9,11H2/t13-,16?/m1/s1. The van der Waals surface area contributed by atoms with Gasteiger partial charge in [-0.2, -0.15) is 0 Å². The van der Waals surface area contributed by atoms with E-state index in [9.17, 15) is 4.79 Å². The summed E-state index contributed by atoms with van der Waals surface area (Å²) in [5, 5.41) is 5.21. The summed E-state index contributed by atoms with van der Waals surface area (Å²) in [7, 11) is 0. The lowest BCUT2D eigenvalue weighted by molar-refractivity contribution is 0.204. The monoisotopic (exact) mass is 307 g/mol. The Morgan fingerprint density at radius 2 is 2.17 bits per heavy atom. The van der Waals surface area contributed by atoms with Crippen molar-refractivity contribution in [3.05, 3.63) is 48.1 Å². The molecule has 2 aliphatic rings. The van der Waals surface area contributed by atoms with E-state index in [1.54, 1.807) is 17.3 Å². The minimum Gasteiger partial charge on any atom is -0.315 e. The number of nitrogens with one attached hydrogen (secondary N) is 1. The van der Waals surface area contributed by atoms with Crippen LogP contribution in [0.3, 0.4) is 0 Å². The van der Waals surface area contributed by atoms with Gasteiger partial charge >= 0.3 is 12.2 Å². The molecule has 0 bridgehead atoms. The molecule has 0 spiro atoms. The first kappa shape index (κ1) is 14.0. The van der Waals surface area contributed by atoms with Crippen LogP contribution >= 0.6 is 0 Å². The molecule has 2 amide bonds. The second-order valence-corrected chi connectivity index (χ2v) is 5.94. The van der Waals surface area contributed by atoms with Crippen LogP contribution in [0, 0.1) is 6.57 Å². The highest BCUT2D eigenvalue weighted by Crippen LogP contribution is 2.32. The lowest BCUT2D eigenvalue weighted by Crippen LogP contribution is -2.40. The number of anilines is 1. The molecule has 23 heavy (non-hydrogen) atoms. The average molecular weight is 307 g/mol. The largest absolute Gasteiger partial charge is 0.331 e. The van der Waals surface area contributed by atoms with Crippen molar-refractivity contribution in [3.63, 3.8) is 0 Å². The van der Waals surface area contributed by atoms with E-state index >= 15 is 0 Å². The van der Waals surface area contributed by atoms with E-state index < -0.39 is 6.17 Å². The number of carbonyl (C=O) groups is 1. The highest BCUT2D eigenvalue weighted by Gasteiger charge is 2.46. The molecule has 0 aliphatic carbocycles. The lowest BCUT2D eigenvalue weighted by atomic mass is 10.1. The Labute approximate surface area is 134 Å². The summed E-state index contributed by atoms with van der Waals surface area (Å²) in [6.07, 6.45) is 3.92. The maximum absolute atomic E-state index is 13.0. The number of amides is 2. The molecule has 0 radical (unpaired) electrons. The second kappa shape index (κ2) is 5.52. The molecule has 2 fully saturated rings. The van der Waals surface area contributed by atoms with Gasteiger partial charge in [0.05, 0.1) is 11.9 Å². The SMILES string of the molecule is [C-]#[N+]C1CN([C@@H]2CCNC2)C(=O)N1c1cncc2ccccc12. The lowest BCUT2D eigenvalue weighted by Gasteiger charge is -2.22. The van der Waals surface area contributed by atoms with Gasteiger partial charge in [0.15, 0.2) is 0 Å². The number of pyridine rings is 1. The molecule has 6 heteroatoms. The van der Waals surface area contributed by atoms with E-state index in [0.717, 1.165) is 36.0 Å². The van der Waals surface area contributed by atoms with Crippen molar-refractivity contribution in [2.24, 2.45) is 0 Å². The fourth-order valence-corrected chi connectivity index (χ4v) is 3.47. The molecular formula is C17H17N5O. The zero-order valence-corrected chi connectivity index (χ0v) is 12.6. The molecule has 0 saturated carbocycles. The Balaban J connectivity index is 1.77. The number of benzene rings is 1. The zero-order valence-electron chi connectivity index (χ0n) is 12.6. The normalized spacial score (nSPS) is 24.4. The summed E-state index contributed by atoms with van der Waals surface area (Å²) in [6, 6.07) is 7.93. The summed E-state index contributed by atoms with van der Waals surface area (Å²) >= 11 is 0. The molecule has 2 saturated heterocycles. The summed E-state index contributed by atoms with van der Waals surface area (Å²) in [4.78, 5) is 24.4. The topological polar surface area (TPSA) is 52.8 Å². The summed E-state index contributed by atoms with van der Waals surface area (Å²) in [6.45, 7) is 9.69. The van der Waals surface area contributed by atoms with E-state index in [-0.39, 0.29) is 12.1 Å². The Morgan fingerprint density at radius 1 is 1.30 bits per heavy atom. The summed E-state index contributed by atoms with van der Waals surface area (Å²) < 4.78 is 0. The van der Waals surface area contributed by atoms with Gasteiger partial charge < -0.3 is 10.2 Å². The number of nitrogens with zero attached hydrogens (tertiary/aromatic N) is 4. The van der Waals surface area contributed by atoms with Crippen LogP contribution in [0.2, 0.25) is 0 Å². The van der Waals surface area contributed by atoms with Crippen molar-refractivity contribution < 1.29 is 4.79 Å². The van der Waals surface area contributed by atoms with E-state index in [2.05, 4.69) is 15.1 Å². The van der Waals surface area contributed by atoms with Gasteiger partial charge in [0.1, 0.15) is 6.54 Å². The molecule has 2 atom stereocenters. The van der Waals surface area contributed by atoms with E-state index in [0.29, 0.717) is 6.54 Å². The van der Waals surface area contributed by atoms with Crippen LogP contribution in [-0.2, 0) is 0 Å². The van der Waals surface area contributed by atoms with Crippen molar-refractivity contribution in [3.8, 4) is 0 Å². The quantitative estimate of drug-likeness (QED) is 0.864. The molecule has 3 heterocycles. The molecule has 1 unspecified atom stereocenters. The van der Waals surface area contributed by atoms with Crippen molar-refractivity contribution in [1.29, 1.82) is 0 Å². The minimum absolute atomic E-state index is 0.0853. The molecule has 2 aromatic rings. The van der Waals surface area contributed by atoms with Crippen molar-refractivity contribution in [2.45, 2.75) is 18.6 Å². The Bertz CT molecular complexity index is 788. The maximum Gasteiger partial charge on any atom is 0.331 e. The predicted molar refractivity (Wildman–Crippen MR) is 88.0 cm³/mol. The summed E-state index contributed by atoms with van der Waals surface area (Å²) in [5.74, 6) is 0. The van der Waals surface area contributed by atoms with E-state index in [1.165, 1.54) is 0 Å². The highest BCUT2D eigenvalue weighted by atomic mass is 16.2. The highest BCUT2D eigenvalue weighted by molar-refractivity contribution is 6.04. The molecular weight excluding hydrogens is 290 g/mol. The van der Waals surface area contributed by atoms with E-state index in [1.807, 2.05) is 29.2 Å². The first-order chi connectivity index (χ1) is 11.3. The number of carbonyl (C=O) groups excluding carboxylic acids is 1. The third-order valence-electron chi connectivity index (χ3n) is 4.64. The van der Waals surface area contributed by atoms with Crippen LogP contribution < -0.4 is 10.2 Å². The van der Waals surface area contributed by atoms with Gasteiger partial charge in [-0.3, -0.25) is 9.83 Å². The van der Waals surface area contributed by atoms with Gasteiger partial charge in [0.2, 0.25) is 0 Å². The fraction of sp³-hybridized carbons (Fsp3) is 0.353. The molecule has 1 aromatic carbocycles. The maximum atomic E-state index is 13.0. The molecule has 1 N–H and O–H groups in total. The average Bonchev–Trinajstić information content (AvgIpc) is 3.22. The Hall–Kier alpha value is -2.65. The smallest absolute Gasteiger partial charge is 0.315 e. The second-order valence-electron chi connectivity index (χ2n) is 5.94.